The second kappa shape index (κ2) is 6.65. The summed E-state index contributed by atoms with van der Waals surface area (Å²) in [5, 5.41) is 0. The number of rotatable bonds is 6. The predicted octanol–water partition coefficient (Wildman–Crippen LogP) is 3.31. The molecule has 2 nitrogen and oxygen atoms in total. The number of methoxy groups -OCH3 is 1. The van der Waals surface area contributed by atoms with E-state index in [-0.39, 0.29) is 6.04 Å². The second-order valence-corrected chi connectivity index (χ2v) is 5.24. The summed E-state index contributed by atoms with van der Waals surface area (Å²) >= 11 is 0. The van der Waals surface area contributed by atoms with Gasteiger partial charge in [-0.1, -0.05) is 26.0 Å². The zero-order valence-electron chi connectivity index (χ0n) is 11.5. The molecule has 0 radical (unpaired) electrons. The lowest BCUT2D eigenvalue weighted by molar-refractivity contribution is 0.411. The van der Waals surface area contributed by atoms with E-state index >= 15 is 0 Å². The van der Waals surface area contributed by atoms with Crippen LogP contribution in [0.3, 0.4) is 0 Å². The van der Waals surface area contributed by atoms with E-state index in [2.05, 4.69) is 32.9 Å². The Kier molecular flexibility index (Phi) is 5.49. The first kappa shape index (κ1) is 14.0. The van der Waals surface area contributed by atoms with Crippen molar-refractivity contribution < 1.29 is 4.74 Å². The predicted molar refractivity (Wildman–Crippen MR) is 73.5 cm³/mol. The van der Waals surface area contributed by atoms with Gasteiger partial charge in [-0.15, -0.1) is 0 Å². The molecule has 0 aliphatic heterocycles. The molecular formula is C15H25NO. The van der Waals surface area contributed by atoms with Gasteiger partial charge in [0.15, 0.2) is 0 Å². The van der Waals surface area contributed by atoms with E-state index in [1.54, 1.807) is 7.11 Å². The first-order valence-corrected chi connectivity index (χ1v) is 6.42. The lowest BCUT2D eigenvalue weighted by atomic mass is 9.97. The fourth-order valence-electron chi connectivity index (χ4n) is 2.02. The van der Waals surface area contributed by atoms with Gasteiger partial charge in [-0.3, -0.25) is 0 Å². The zero-order valence-corrected chi connectivity index (χ0v) is 11.5. The SMILES string of the molecule is COc1ccc(CC(N)CCC(C)C)cc1C. The fraction of sp³-hybridized carbons (Fsp3) is 0.600. The minimum absolute atomic E-state index is 0.269. The van der Waals surface area contributed by atoms with Gasteiger partial charge in [0.1, 0.15) is 5.75 Å². The molecule has 0 saturated carbocycles. The highest BCUT2D eigenvalue weighted by Crippen LogP contribution is 2.19. The molecule has 0 aliphatic rings. The summed E-state index contributed by atoms with van der Waals surface area (Å²) in [4.78, 5) is 0. The summed E-state index contributed by atoms with van der Waals surface area (Å²) in [6.45, 7) is 6.55. The molecular weight excluding hydrogens is 210 g/mol. The summed E-state index contributed by atoms with van der Waals surface area (Å²) < 4.78 is 5.25. The number of hydrogen-bond donors (Lipinski definition) is 1. The molecule has 1 rings (SSSR count). The van der Waals surface area contributed by atoms with Crippen LogP contribution in [0.25, 0.3) is 0 Å². The van der Waals surface area contributed by atoms with Crippen LogP contribution in [0.5, 0.6) is 5.75 Å². The summed E-state index contributed by atoms with van der Waals surface area (Å²) in [5.74, 6) is 1.68. The Morgan fingerprint density at radius 2 is 1.94 bits per heavy atom. The van der Waals surface area contributed by atoms with E-state index in [1.165, 1.54) is 17.5 Å². The molecule has 2 heteroatoms. The Morgan fingerprint density at radius 3 is 2.47 bits per heavy atom. The molecule has 2 N–H and O–H groups in total. The van der Waals surface area contributed by atoms with Gasteiger partial charge in [0, 0.05) is 6.04 Å². The quantitative estimate of drug-likeness (QED) is 0.821. The van der Waals surface area contributed by atoms with Crippen molar-refractivity contribution in [1.29, 1.82) is 0 Å². The zero-order chi connectivity index (χ0) is 12.8. The van der Waals surface area contributed by atoms with E-state index < -0.39 is 0 Å². The van der Waals surface area contributed by atoms with Crippen LogP contribution in [0.4, 0.5) is 0 Å². The molecule has 0 bridgehead atoms. The number of hydrogen-bond acceptors (Lipinski definition) is 2. The van der Waals surface area contributed by atoms with Crippen molar-refractivity contribution in [1.82, 2.24) is 0 Å². The lowest BCUT2D eigenvalue weighted by Gasteiger charge is -2.14. The Morgan fingerprint density at radius 1 is 1.24 bits per heavy atom. The second-order valence-electron chi connectivity index (χ2n) is 5.24. The van der Waals surface area contributed by atoms with Gasteiger partial charge in [-0.05, 0) is 49.3 Å². The summed E-state index contributed by atoms with van der Waals surface area (Å²) in [7, 11) is 1.70. The Hall–Kier alpha value is -1.02. The van der Waals surface area contributed by atoms with Gasteiger partial charge in [0.2, 0.25) is 0 Å². The average molecular weight is 235 g/mol. The van der Waals surface area contributed by atoms with Gasteiger partial charge >= 0.3 is 0 Å². The molecule has 96 valence electrons. The van der Waals surface area contributed by atoms with Crippen molar-refractivity contribution in [2.24, 2.45) is 11.7 Å². The topological polar surface area (TPSA) is 35.2 Å². The third kappa shape index (κ3) is 4.78. The van der Waals surface area contributed by atoms with Crippen molar-refractivity contribution in [3.63, 3.8) is 0 Å². The Balaban J connectivity index is 2.53. The van der Waals surface area contributed by atoms with Gasteiger partial charge in [0.25, 0.3) is 0 Å². The third-order valence-corrected chi connectivity index (χ3v) is 3.07. The van der Waals surface area contributed by atoms with Crippen molar-refractivity contribution >= 4 is 0 Å². The smallest absolute Gasteiger partial charge is 0.121 e. The molecule has 0 saturated heterocycles. The molecule has 1 aromatic carbocycles. The molecule has 0 fully saturated rings. The number of nitrogens with two attached hydrogens (primary N) is 1. The molecule has 0 aliphatic carbocycles. The van der Waals surface area contributed by atoms with Crippen LogP contribution in [-0.2, 0) is 6.42 Å². The van der Waals surface area contributed by atoms with Crippen LogP contribution in [-0.4, -0.2) is 13.2 Å². The van der Waals surface area contributed by atoms with Crippen LogP contribution in [0.2, 0.25) is 0 Å². The summed E-state index contributed by atoms with van der Waals surface area (Å²) in [5.41, 5.74) is 8.63. The maximum atomic E-state index is 6.14. The van der Waals surface area contributed by atoms with Crippen molar-refractivity contribution in [2.45, 2.75) is 46.1 Å². The van der Waals surface area contributed by atoms with Crippen LogP contribution in [0.1, 0.15) is 37.8 Å². The number of aryl methyl sites for hydroxylation is 1. The molecule has 0 spiro atoms. The maximum absolute atomic E-state index is 6.14. The summed E-state index contributed by atoms with van der Waals surface area (Å²) in [6.07, 6.45) is 3.26. The van der Waals surface area contributed by atoms with Gasteiger partial charge in [0.05, 0.1) is 7.11 Å². The monoisotopic (exact) mass is 235 g/mol. The van der Waals surface area contributed by atoms with E-state index in [9.17, 15) is 0 Å². The average Bonchev–Trinajstić information content (AvgIpc) is 2.26. The van der Waals surface area contributed by atoms with Crippen molar-refractivity contribution in [3.8, 4) is 5.75 Å². The number of ether oxygens (including phenoxy) is 1. The molecule has 1 aromatic rings. The van der Waals surface area contributed by atoms with E-state index in [0.29, 0.717) is 0 Å². The van der Waals surface area contributed by atoms with E-state index in [4.69, 9.17) is 10.5 Å². The first-order valence-electron chi connectivity index (χ1n) is 6.42. The third-order valence-electron chi connectivity index (χ3n) is 3.07. The minimum atomic E-state index is 0.269. The normalized spacial score (nSPS) is 12.8. The van der Waals surface area contributed by atoms with Crippen molar-refractivity contribution in [2.75, 3.05) is 7.11 Å². The molecule has 17 heavy (non-hydrogen) atoms. The molecule has 0 heterocycles. The first-order chi connectivity index (χ1) is 8.02. The largest absolute Gasteiger partial charge is 0.496 e. The van der Waals surface area contributed by atoms with Crippen LogP contribution < -0.4 is 10.5 Å². The van der Waals surface area contributed by atoms with Crippen LogP contribution >= 0.6 is 0 Å². The molecule has 0 amide bonds. The number of benzene rings is 1. The van der Waals surface area contributed by atoms with E-state index in [0.717, 1.165) is 24.5 Å². The van der Waals surface area contributed by atoms with Crippen molar-refractivity contribution in [3.05, 3.63) is 29.3 Å². The van der Waals surface area contributed by atoms with Gasteiger partial charge < -0.3 is 10.5 Å². The summed E-state index contributed by atoms with van der Waals surface area (Å²) in [6, 6.07) is 6.58. The highest BCUT2D eigenvalue weighted by molar-refractivity contribution is 5.36. The molecule has 1 unspecified atom stereocenters. The van der Waals surface area contributed by atoms with Crippen LogP contribution in [0.15, 0.2) is 18.2 Å². The standard InChI is InChI=1S/C15H25NO/c1-11(2)5-7-14(16)10-13-6-8-15(17-4)12(3)9-13/h6,8-9,11,14H,5,7,10,16H2,1-4H3. The van der Waals surface area contributed by atoms with Gasteiger partial charge in [-0.25, -0.2) is 0 Å². The molecule has 0 aromatic heterocycles. The van der Waals surface area contributed by atoms with Crippen LogP contribution in [0, 0.1) is 12.8 Å². The Labute approximate surface area is 105 Å². The maximum Gasteiger partial charge on any atom is 0.121 e. The lowest BCUT2D eigenvalue weighted by Crippen LogP contribution is -2.23. The highest BCUT2D eigenvalue weighted by Gasteiger charge is 2.07. The highest BCUT2D eigenvalue weighted by atomic mass is 16.5. The molecule has 1 atom stereocenters. The van der Waals surface area contributed by atoms with E-state index in [1.807, 2.05) is 6.07 Å². The minimum Gasteiger partial charge on any atom is -0.496 e. The Bertz CT molecular complexity index is 347. The van der Waals surface area contributed by atoms with Gasteiger partial charge in [-0.2, -0.15) is 0 Å². The fourth-order valence-corrected chi connectivity index (χ4v) is 2.02.